The van der Waals surface area contributed by atoms with Crippen molar-refractivity contribution in [2.75, 3.05) is 13.2 Å². The van der Waals surface area contributed by atoms with Crippen LogP contribution in [0.1, 0.15) is 17.5 Å². The van der Waals surface area contributed by atoms with Gasteiger partial charge in [-0.3, -0.25) is 0 Å². The van der Waals surface area contributed by atoms with Gasteiger partial charge in [0.25, 0.3) is 0 Å². The van der Waals surface area contributed by atoms with Crippen molar-refractivity contribution in [3.8, 4) is 0 Å². The van der Waals surface area contributed by atoms with E-state index < -0.39 is 0 Å². The minimum absolute atomic E-state index is 0.280. The standard InChI is InChI=1S/C18H20O/c1-3-7-16(8-4-1)13-18(11-12-19-15-18)14-17-9-5-2-6-10-17/h1-10H,11-15H2. The second kappa shape index (κ2) is 5.58. The van der Waals surface area contributed by atoms with Gasteiger partial charge in [-0.05, 0) is 30.4 Å². The van der Waals surface area contributed by atoms with Crippen LogP contribution in [0.15, 0.2) is 60.7 Å². The highest BCUT2D eigenvalue weighted by Crippen LogP contribution is 2.36. The van der Waals surface area contributed by atoms with Gasteiger partial charge >= 0.3 is 0 Å². The van der Waals surface area contributed by atoms with Gasteiger partial charge in [-0.1, -0.05) is 60.7 Å². The molecule has 19 heavy (non-hydrogen) atoms. The van der Waals surface area contributed by atoms with E-state index in [1.807, 2.05) is 0 Å². The lowest BCUT2D eigenvalue weighted by Gasteiger charge is -2.27. The molecule has 0 aromatic heterocycles. The number of hydrogen-bond acceptors (Lipinski definition) is 1. The van der Waals surface area contributed by atoms with E-state index in [0.29, 0.717) is 0 Å². The van der Waals surface area contributed by atoms with Crippen LogP contribution in [-0.2, 0) is 17.6 Å². The summed E-state index contributed by atoms with van der Waals surface area (Å²) < 4.78 is 5.70. The maximum atomic E-state index is 5.70. The molecule has 1 heteroatoms. The quantitative estimate of drug-likeness (QED) is 0.802. The van der Waals surface area contributed by atoms with Gasteiger partial charge in [-0.2, -0.15) is 0 Å². The van der Waals surface area contributed by atoms with Crippen LogP contribution in [0.5, 0.6) is 0 Å². The number of rotatable bonds is 4. The highest BCUT2D eigenvalue weighted by molar-refractivity contribution is 5.21. The summed E-state index contributed by atoms with van der Waals surface area (Å²) in [5.74, 6) is 0. The third kappa shape index (κ3) is 3.05. The van der Waals surface area contributed by atoms with E-state index in [-0.39, 0.29) is 5.41 Å². The fourth-order valence-corrected chi connectivity index (χ4v) is 3.05. The Bertz CT molecular complexity index is 454. The average Bonchev–Trinajstić information content (AvgIpc) is 2.89. The second-order valence-electron chi connectivity index (χ2n) is 5.63. The molecule has 1 nitrogen and oxygen atoms in total. The summed E-state index contributed by atoms with van der Waals surface area (Å²) in [5, 5.41) is 0. The number of benzene rings is 2. The van der Waals surface area contributed by atoms with Crippen molar-refractivity contribution in [2.45, 2.75) is 19.3 Å². The van der Waals surface area contributed by atoms with Gasteiger partial charge in [0.05, 0.1) is 6.61 Å². The molecule has 0 spiro atoms. The molecule has 3 rings (SSSR count). The fraction of sp³-hybridized carbons (Fsp3) is 0.333. The molecule has 2 aromatic rings. The van der Waals surface area contributed by atoms with Crippen LogP contribution in [-0.4, -0.2) is 13.2 Å². The van der Waals surface area contributed by atoms with Crippen LogP contribution in [0.4, 0.5) is 0 Å². The normalized spacial score (nSPS) is 17.5. The molecule has 0 radical (unpaired) electrons. The molecule has 1 heterocycles. The molecule has 0 bridgehead atoms. The Hall–Kier alpha value is -1.60. The minimum Gasteiger partial charge on any atom is -0.381 e. The van der Waals surface area contributed by atoms with Crippen LogP contribution in [0, 0.1) is 5.41 Å². The molecular weight excluding hydrogens is 232 g/mol. The summed E-state index contributed by atoms with van der Waals surface area (Å²) in [6, 6.07) is 21.6. The highest BCUT2D eigenvalue weighted by atomic mass is 16.5. The lowest BCUT2D eigenvalue weighted by Crippen LogP contribution is -2.27. The van der Waals surface area contributed by atoms with Crippen molar-refractivity contribution < 1.29 is 4.74 Å². The molecule has 1 fully saturated rings. The van der Waals surface area contributed by atoms with Gasteiger partial charge in [-0.25, -0.2) is 0 Å². The van der Waals surface area contributed by atoms with E-state index in [9.17, 15) is 0 Å². The predicted octanol–water partition coefficient (Wildman–Crippen LogP) is 3.88. The van der Waals surface area contributed by atoms with Crippen molar-refractivity contribution in [2.24, 2.45) is 5.41 Å². The topological polar surface area (TPSA) is 9.23 Å². The van der Waals surface area contributed by atoms with Crippen molar-refractivity contribution in [3.05, 3.63) is 71.8 Å². The van der Waals surface area contributed by atoms with E-state index in [1.54, 1.807) is 0 Å². The van der Waals surface area contributed by atoms with E-state index in [0.717, 1.165) is 32.5 Å². The summed E-state index contributed by atoms with van der Waals surface area (Å²) in [4.78, 5) is 0. The smallest absolute Gasteiger partial charge is 0.0529 e. The largest absolute Gasteiger partial charge is 0.381 e. The number of ether oxygens (including phenoxy) is 1. The Kier molecular flexibility index (Phi) is 3.65. The summed E-state index contributed by atoms with van der Waals surface area (Å²) in [7, 11) is 0. The Morgan fingerprint density at radius 3 is 1.74 bits per heavy atom. The average molecular weight is 252 g/mol. The lowest BCUT2D eigenvalue weighted by atomic mass is 9.76. The van der Waals surface area contributed by atoms with E-state index in [1.165, 1.54) is 11.1 Å². The molecule has 2 aromatic carbocycles. The second-order valence-corrected chi connectivity index (χ2v) is 5.63. The van der Waals surface area contributed by atoms with E-state index >= 15 is 0 Å². The maximum absolute atomic E-state index is 5.70. The summed E-state index contributed by atoms with van der Waals surface area (Å²) in [5.41, 5.74) is 3.12. The summed E-state index contributed by atoms with van der Waals surface area (Å²) in [6.45, 7) is 1.79. The Morgan fingerprint density at radius 2 is 1.32 bits per heavy atom. The summed E-state index contributed by atoms with van der Waals surface area (Å²) in [6.07, 6.45) is 3.39. The van der Waals surface area contributed by atoms with Crippen molar-refractivity contribution in [1.29, 1.82) is 0 Å². The van der Waals surface area contributed by atoms with Crippen molar-refractivity contribution in [3.63, 3.8) is 0 Å². The van der Waals surface area contributed by atoms with Crippen molar-refractivity contribution >= 4 is 0 Å². The molecule has 0 saturated carbocycles. The van der Waals surface area contributed by atoms with Gasteiger partial charge in [0.1, 0.15) is 0 Å². The van der Waals surface area contributed by atoms with Crippen LogP contribution in [0.2, 0.25) is 0 Å². The zero-order valence-electron chi connectivity index (χ0n) is 11.2. The summed E-state index contributed by atoms with van der Waals surface area (Å²) >= 11 is 0. The molecule has 0 unspecified atom stereocenters. The highest BCUT2D eigenvalue weighted by Gasteiger charge is 2.35. The Balaban J connectivity index is 1.79. The molecular formula is C18H20O. The lowest BCUT2D eigenvalue weighted by molar-refractivity contribution is 0.150. The van der Waals surface area contributed by atoms with Crippen LogP contribution in [0.25, 0.3) is 0 Å². The zero-order valence-corrected chi connectivity index (χ0v) is 11.2. The van der Waals surface area contributed by atoms with E-state index in [2.05, 4.69) is 60.7 Å². The molecule has 1 saturated heterocycles. The Labute approximate surface area is 115 Å². The van der Waals surface area contributed by atoms with Crippen LogP contribution < -0.4 is 0 Å². The molecule has 0 atom stereocenters. The minimum atomic E-state index is 0.280. The van der Waals surface area contributed by atoms with Crippen LogP contribution in [0.3, 0.4) is 0 Å². The monoisotopic (exact) mass is 252 g/mol. The van der Waals surface area contributed by atoms with Gasteiger partial charge in [-0.15, -0.1) is 0 Å². The van der Waals surface area contributed by atoms with Gasteiger partial charge < -0.3 is 4.74 Å². The molecule has 1 aliphatic heterocycles. The number of hydrogen-bond donors (Lipinski definition) is 0. The van der Waals surface area contributed by atoms with Gasteiger partial charge in [0.2, 0.25) is 0 Å². The first-order valence-electron chi connectivity index (χ1n) is 7.02. The van der Waals surface area contributed by atoms with Crippen LogP contribution >= 0.6 is 0 Å². The fourth-order valence-electron chi connectivity index (χ4n) is 3.05. The first-order valence-corrected chi connectivity index (χ1v) is 7.02. The van der Waals surface area contributed by atoms with E-state index in [4.69, 9.17) is 4.74 Å². The first kappa shape index (κ1) is 12.4. The molecule has 1 aliphatic rings. The van der Waals surface area contributed by atoms with Gasteiger partial charge in [0, 0.05) is 12.0 Å². The predicted molar refractivity (Wildman–Crippen MR) is 78.2 cm³/mol. The van der Waals surface area contributed by atoms with Crippen molar-refractivity contribution in [1.82, 2.24) is 0 Å². The zero-order chi connectivity index (χ0) is 13.0. The third-order valence-electron chi connectivity index (χ3n) is 4.03. The SMILES string of the molecule is c1ccc(CC2(Cc3ccccc3)CCOC2)cc1. The molecule has 98 valence electrons. The molecule has 0 amide bonds. The van der Waals surface area contributed by atoms with Gasteiger partial charge in [0.15, 0.2) is 0 Å². The third-order valence-corrected chi connectivity index (χ3v) is 4.03. The molecule has 0 N–H and O–H groups in total. The molecule has 0 aliphatic carbocycles. The maximum Gasteiger partial charge on any atom is 0.0529 e. The first-order chi connectivity index (χ1) is 9.36. The Morgan fingerprint density at radius 1 is 0.789 bits per heavy atom.